The normalized spacial score (nSPS) is 26.8. The molecule has 1 aromatic rings. The summed E-state index contributed by atoms with van der Waals surface area (Å²) in [6.07, 6.45) is 3.05. The molecule has 25 heavy (non-hydrogen) atoms. The molecule has 2 heterocycles. The lowest BCUT2D eigenvalue weighted by Crippen LogP contribution is -2.44. The average Bonchev–Trinajstić information content (AvgIpc) is 3.11. The summed E-state index contributed by atoms with van der Waals surface area (Å²) in [5.41, 5.74) is 7.80. The van der Waals surface area contributed by atoms with Crippen LogP contribution in [0.2, 0.25) is 0 Å². The first-order chi connectivity index (χ1) is 12.0. The van der Waals surface area contributed by atoms with E-state index in [1.54, 1.807) is 0 Å². The van der Waals surface area contributed by atoms with Gasteiger partial charge < -0.3 is 15.4 Å². The van der Waals surface area contributed by atoms with Gasteiger partial charge in [0.1, 0.15) is 12.2 Å². The van der Waals surface area contributed by atoms with Crippen LogP contribution in [0.5, 0.6) is 0 Å². The first-order valence-electron chi connectivity index (χ1n) is 9.32. The molecule has 0 unspecified atom stereocenters. The highest BCUT2D eigenvalue weighted by Crippen LogP contribution is 2.34. The maximum atomic E-state index is 13.0. The molecule has 2 fully saturated rings. The molecule has 2 N–H and O–H groups in total. The van der Waals surface area contributed by atoms with E-state index in [4.69, 9.17) is 10.5 Å². The Morgan fingerprint density at radius 1 is 1.08 bits per heavy atom. The fourth-order valence-corrected chi connectivity index (χ4v) is 3.86. The Bertz CT molecular complexity index is 626. The Morgan fingerprint density at radius 2 is 1.76 bits per heavy atom. The zero-order chi connectivity index (χ0) is 18.0. The van der Waals surface area contributed by atoms with Crippen LogP contribution in [-0.4, -0.2) is 35.5 Å². The number of rotatable bonds is 4. The lowest BCUT2D eigenvalue weighted by Gasteiger charge is -2.37. The van der Waals surface area contributed by atoms with Crippen molar-refractivity contribution in [2.24, 2.45) is 5.73 Å². The third-order valence-electron chi connectivity index (χ3n) is 5.39. The molecule has 3 atom stereocenters. The van der Waals surface area contributed by atoms with E-state index >= 15 is 0 Å². The lowest BCUT2D eigenvalue weighted by molar-refractivity contribution is -0.149. The van der Waals surface area contributed by atoms with Crippen LogP contribution in [0.3, 0.4) is 0 Å². The van der Waals surface area contributed by atoms with Crippen LogP contribution in [0.4, 0.5) is 0 Å². The van der Waals surface area contributed by atoms with Crippen molar-refractivity contribution in [1.29, 1.82) is 0 Å². The minimum atomic E-state index is -0.623. The molecule has 1 aromatic carbocycles. The zero-order valence-electron chi connectivity index (χ0n) is 15.1. The van der Waals surface area contributed by atoms with Crippen molar-refractivity contribution in [2.45, 2.75) is 70.1 Å². The number of amides is 2. The summed E-state index contributed by atoms with van der Waals surface area (Å²) >= 11 is 0. The van der Waals surface area contributed by atoms with E-state index in [2.05, 4.69) is 38.1 Å². The Morgan fingerprint density at radius 3 is 2.36 bits per heavy atom. The van der Waals surface area contributed by atoms with Crippen molar-refractivity contribution in [2.75, 3.05) is 6.54 Å². The number of likely N-dealkylation sites (tertiary alicyclic amines) is 1. The number of piperidine rings is 1. The summed E-state index contributed by atoms with van der Waals surface area (Å²) in [6.45, 7) is 5.10. The summed E-state index contributed by atoms with van der Waals surface area (Å²) in [5.74, 6) is 0.0203. The van der Waals surface area contributed by atoms with Gasteiger partial charge in [0.15, 0.2) is 0 Å². The first-order valence-corrected chi connectivity index (χ1v) is 9.32. The Balaban J connectivity index is 1.74. The highest BCUT2D eigenvalue weighted by Gasteiger charge is 2.38. The summed E-state index contributed by atoms with van der Waals surface area (Å²) in [4.78, 5) is 26.2. The van der Waals surface area contributed by atoms with Gasteiger partial charge in [-0.05, 0) is 49.1 Å². The maximum absolute atomic E-state index is 13.0. The Hall–Kier alpha value is -1.88. The molecule has 5 heteroatoms. The number of carbonyl (C=O) groups is 2. The predicted molar refractivity (Wildman–Crippen MR) is 95.9 cm³/mol. The summed E-state index contributed by atoms with van der Waals surface area (Å²) in [7, 11) is 0. The summed E-state index contributed by atoms with van der Waals surface area (Å²) < 4.78 is 5.61. The van der Waals surface area contributed by atoms with E-state index < -0.39 is 18.1 Å². The number of primary amides is 1. The molecule has 2 aliphatic rings. The topological polar surface area (TPSA) is 72.6 Å². The minimum absolute atomic E-state index is 0.00128. The monoisotopic (exact) mass is 344 g/mol. The molecule has 3 rings (SSSR count). The lowest BCUT2D eigenvalue weighted by atomic mass is 9.92. The molecular weight excluding hydrogens is 316 g/mol. The predicted octanol–water partition coefficient (Wildman–Crippen LogP) is 2.90. The van der Waals surface area contributed by atoms with Crippen LogP contribution in [0, 0.1) is 0 Å². The quantitative estimate of drug-likeness (QED) is 0.913. The van der Waals surface area contributed by atoms with E-state index in [-0.39, 0.29) is 11.9 Å². The summed E-state index contributed by atoms with van der Waals surface area (Å²) in [5, 5.41) is 0. The molecule has 5 nitrogen and oxygen atoms in total. The van der Waals surface area contributed by atoms with E-state index in [0.29, 0.717) is 18.8 Å². The van der Waals surface area contributed by atoms with Crippen molar-refractivity contribution in [1.82, 2.24) is 4.90 Å². The molecular formula is C20H28N2O3. The van der Waals surface area contributed by atoms with Gasteiger partial charge >= 0.3 is 0 Å². The molecule has 136 valence electrons. The van der Waals surface area contributed by atoms with Crippen LogP contribution < -0.4 is 5.73 Å². The van der Waals surface area contributed by atoms with Crippen LogP contribution in [-0.2, 0) is 14.3 Å². The number of carbonyl (C=O) groups excluding carboxylic acids is 2. The van der Waals surface area contributed by atoms with E-state index in [9.17, 15) is 9.59 Å². The van der Waals surface area contributed by atoms with Gasteiger partial charge in [0.25, 0.3) is 5.91 Å². The van der Waals surface area contributed by atoms with Gasteiger partial charge in [-0.2, -0.15) is 0 Å². The second-order valence-electron chi connectivity index (χ2n) is 7.46. The molecule has 0 spiro atoms. The van der Waals surface area contributed by atoms with Crippen molar-refractivity contribution in [3.63, 3.8) is 0 Å². The molecule has 2 amide bonds. The second kappa shape index (κ2) is 7.56. The third kappa shape index (κ3) is 3.87. The fourth-order valence-electron chi connectivity index (χ4n) is 3.86. The number of benzene rings is 1. The highest BCUT2D eigenvalue weighted by molar-refractivity contribution is 5.84. The van der Waals surface area contributed by atoms with Crippen molar-refractivity contribution in [3.8, 4) is 0 Å². The first kappa shape index (κ1) is 17.9. The number of hydrogen-bond donors (Lipinski definition) is 1. The van der Waals surface area contributed by atoms with E-state index in [1.807, 2.05) is 4.90 Å². The largest absolute Gasteiger partial charge is 0.367 e. The molecule has 0 radical (unpaired) electrons. The molecule has 0 saturated carbocycles. The van der Waals surface area contributed by atoms with Gasteiger partial charge in [0.05, 0.1) is 6.04 Å². The smallest absolute Gasteiger partial charge is 0.252 e. The number of nitrogens with two attached hydrogens (primary N) is 1. The number of ether oxygens (including phenoxy) is 1. The zero-order valence-corrected chi connectivity index (χ0v) is 15.1. The van der Waals surface area contributed by atoms with Gasteiger partial charge in [-0.1, -0.05) is 38.1 Å². The molecule has 2 saturated heterocycles. The summed E-state index contributed by atoms with van der Waals surface area (Å²) in [6, 6.07) is 8.71. The van der Waals surface area contributed by atoms with Crippen LogP contribution in [0.1, 0.15) is 69.0 Å². The van der Waals surface area contributed by atoms with Gasteiger partial charge in [-0.3, -0.25) is 9.59 Å². The van der Waals surface area contributed by atoms with E-state index in [0.717, 1.165) is 25.8 Å². The van der Waals surface area contributed by atoms with Gasteiger partial charge in [-0.15, -0.1) is 0 Å². The SMILES string of the molecule is CC(C)c1ccc([C@@H]2CCCCN2C(=O)[C@H]2CC[C@H](C(N)=O)O2)cc1. The molecule has 2 aliphatic heterocycles. The van der Waals surface area contributed by atoms with Crippen molar-refractivity contribution in [3.05, 3.63) is 35.4 Å². The maximum Gasteiger partial charge on any atom is 0.252 e. The van der Waals surface area contributed by atoms with Crippen LogP contribution in [0.15, 0.2) is 24.3 Å². The van der Waals surface area contributed by atoms with Crippen LogP contribution in [0.25, 0.3) is 0 Å². The van der Waals surface area contributed by atoms with Crippen molar-refractivity contribution >= 4 is 11.8 Å². The van der Waals surface area contributed by atoms with Crippen LogP contribution >= 0.6 is 0 Å². The fraction of sp³-hybridized carbons (Fsp3) is 0.600. The molecule has 0 aliphatic carbocycles. The molecule has 0 aromatic heterocycles. The number of nitrogens with zero attached hydrogens (tertiary/aromatic N) is 1. The van der Waals surface area contributed by atoms with Gasteiger partial charge in [-0.25, -0.2) is 0 Å². The highest BCUT2D eigenvalue weighted by atomic mass is 16.5. The molecule has 0 bridgehead atoms. The second-order valence-corrected chi connectivity index (χ2v) is 7.46. The standard InChI is InChI=1S/C20H28N2O3/c1-13(2)14-6-8-15(9-7-14)16-5-3-4-12-22(16)20(24)18-11-10-17(25-18)19(21)23/h6-9,13,16-18H,3-5,10-12H2,1-2H3,(H2,21,23)/t16-,17+,18+/m0/s1. The minimum Gasteiger partial charge on any atom is -0.367 e. The Kier molecular flexibility index (Phi) is 5.42. The van der Waals surface area contributed by atoms with Gasteiger partial charge in [0, 0.05) is 6.54 Å². The average molecular weight is 344 g/mol. The van der Waals surface area contributed by atoms with Crippen molar-refractivity contribution < 1.29 is 14.3 Å². The van der Waals surface area contributed by atoms with E-state index in [1.165, 1.54) is 11.1 Å². The van der Waals surface area contributed by atoms with Gasteiger partial charge in [0.2, 0.25) is 5.91 Å². The Labute approximate surface area is 149 Å². The number of hydrogen-bond acceptors (Lipinski definition) is 3. The third-order valence-corrected chi connectivity index (χ3v) is 5.39.